The molecule has 0 saturated carbocycles. The first kappa shape index (κ1) is 8.97. The van der Waals surface area contributed by atoms with Crippen LogP contribution in [0.2, 0.25) is 0 Å². The van der Waals surface area contributed by atoms with Crippen LogP contribution < -0.4 is 0 Å². The minimum atomic E-state index is -0.261. The summed E-state index contributed by atoms with van der Waals surface area (Å²) in [4.78, 5) is 10.3. The monoisotopic (exact) mass is 167 g/mol. The molecule has 0 aromatic carbocycles. The molecule has 1 atom stereocenters. The van der Waals surface area contributed by atoms with Crippen LogP contribution in [0.25, 0.3) is 0 Å². The maximum absolute atomic E-state index is 10.6. The minimum Gasteiger partial charge on any atom is -0.259 e. The minimum absolute atomic E-state index is 0.0336. The molecule has 3 nitrogen and oxygen atoms in total. The summed E-state index contributed by atoms with van der Waals surface area (Å²) >= 11 is 0. The fraction of sp³-hybridized carbons (Fsp3) is 0.556. The molecule has 3 heteroatoms. The topological polar surface area (TPSA) is 43.1 Å². The molecule has 0 heterocycles. The van der Waals surface area contributed by atoms with E-state index in [0.717, 1.165) is 12.0 Å². The van der Waals surface area contributed by atoms with Crippen molar-refractivity contribution in [3.63, 3.8) is 0 Å². The molecule has 66 valence electrons. The molecular formula is C9H13NO2. The van der Waals surface area contributed by atoms with Crippen molar-refractivity contribution >= 4 is 0 Å². The van der Waals surface area contributed by atoms with Gasteiger partial charge in [0.05, 0.1) is 10.8 Å². The van der Waals surface area contributed by atoms with Crippen LogP contribution >= 0.6 is 0 Å². The number of nitro groups is 1. The third kappa shape index (κ3) is 1.55. The lowest BCUT2D eigenvalue weighted by molar-refractivity contribution is -0.433. The molecule has 0 fully saturated rings. The summed E-state index contributed by atoms with van der Waals surface area (Å²) in [5.41, 5.74) is 2.50. The highest BCUT2D eigenvalue weighted by Gasteiger charge is 2.25. The second kappa shape index (κ2) is 3.09. The van der Waals surface area contributed by atoms with E-state index in [1.807, 2.05) is 26.8 Å². The van der Waals surface area contributed by atoms with Gasteiger partial charge in [0.25, 0.3) is 5.70 Å². The Morgan fingerprint density at radius 1 is 1.58 bits per heavy atom. The van der Waals surface area contributed by atoms with Gasteiger partial charge in [-0.3, -0.25) is 10.1 Å². The second-order valence-electron chi connectivity index (χ2n) is 3.40. The van der Waals surface area contributed by atoms with E-state index in [1.165, 1.54) is 5.57 Å². The Balaban J connectivity index is 2.99. The number of rotatable bonds is 1. The Hall–Kier alpha value is -1.12. The molecule has 0 saturated heterocycles. The van der Waals surface area contributed by atoms with Crippen molar-refractivity contribution in [1.29, 1.82) is 0 Å². The van der Waals surface area contributed by atoms with Gasteiger partial charge < -0.3 is 0 Å². The molecule has 12 heavy (non-hydrogen) atoms. The number of allylic oxidation sites excluding steroid dienone is 3. The first-order valence-corrected chi connectivity index (χ1v) is 4.03. The summed E-state index contributed by atoms with van der Waals surface area (Å²) in [6, 6.07) is 0. The molecule has 0 aliphatic heterocycles. The first-order chi connectivity index (χ1) is 5.52. The Labute approximate surface area is 71.9 Å². The third-order valence-electron chi connectivity index (χ3n) is 2.14. The quantitative estimate of drug-likeness (QED) is 0.342. The van der Waals surface area contributed by atoms with Crippen molar-refractivity contribution in [2.75, 3.05) is 0 Å². The summed E-state index contributed by atoms with van der Waals surface area (Å²) in [5.74, 6) is -0.0336. The van der Waals surface area contributed by atoms with Gasteiger partial charge in [0, 0.05) is 5.57 Å². The molecule has 0 spiro atoms. The molecule has 1 unspecified atom stereocenters. The molecular weight excluding hydrogens is 154 g/mol. The predicted octanol–water partition coefficient (Wildman–Crippen LogP) is 2.52. The highest BCUT2D eigenvalue weighted by Crippen LogP contribution is 2.28. The zero-order valence-corrected chi connectivity index (χ0v) is 7.63. The SMILES string of the molecule is CC1=CC(C)C([N+](=O)[O-])=C(C)C1. The van der Waals surface area contributed by atoms with E-state index in [2.05, 4.69) is 0 Å². The van der Waals surface area contributed by atoms with Gasteiger partial charge in [-0.25, -0.2) is 0 Å². The van der Waals surface area contributed by atoms with Gasteiger partial charge >= 0.3 is 0 Å². The lowest BCUT2D eigenvalue weighted by Gasteiger charge is -2.15. The van der Waals surface area contributed by atoms with Gasteiger partial charge in [0.1, 0.15) is 0 Å². The average molecular weight is 167 g/mol. The average Bonchev–Trinajstić information content (AvgIpc) is 1.82. The standard InChI is InChI=1S/C9H13NO2/c1-6-4-7(2)9(10(11)12)8(3)5-6/h4,7H,5H2,1-3H3. The largest absolute Gasteiger partial charge is 0.259 e. The fourth-order valence-corrected chi connectivity index (χ4v) is 1.78. The number of nitrogens with zero attached hydrogens (tertiary/aromatic N) is 1. The highest BCUT2D eigenvalue weighted by atomic mass is 16.6. The number of hydrogen-bond donors (Lipinski definition) is 0. The maximum Gasteiger partial charge on any atom is 0.251 e. The van der Waals surface area contributed by atoms with Crippen molar-refractivity contribution in [3.05, 3.63) is 33.0 Å². The molecule has 0 bridgehead atoms. The van der Waals surface area contributed by atoms with Gasteiger partial charge in [-0.1, -0.05) is 11.6 Å². The fourth-order valence-electron chi connectivity index (χ4n) is 1.78. The van der Waals surface area contributed by atoms with Crippen LogP contribution in [0.1, 0.15) is 27.2 Å². The van der Waals surface area contributed by atoms with Crippen molar-refractivity contribution in [2.45, 2.75) is 27.2 Å². The molecule has 0 radical (unpaired) electrons. The smallest absolute Gasteiger partial charge is 0.251 e. The molecule has 0 aromatic rings. The zero-order chi connectivity index (χ0) is 9.30. The van der Waals surface area contributed by atoms with Crippen LogP contribution in [0, 0.1) is 16.0 Å². The molecule has 1 rings (SSSR count). The van der Waals surface area contributed by atoms with Crippen molar-refractivity contribution in [2.24, 2.45) is 5.92 Å². The van der Waals surface area contributed by atoms with E-state index < -0.39 is 0 Å². The summed E-state index contributed by atoms with van der Waals surface area (Å²) in [6.45, 7) is 5.71. The van der Waals surface area contributed by atoms with E-state index in [-0.39, 0.29) is 10.8 Å². The second-order valence-corrected chi connectivity index (χ2v) is 3.40. The van der Waals surface area contributed by atoms with Gasteiger partial charge in [-0.2, -0.15) is 0 Å². The summed E-state index contributed by atoms with van der Waals surface area (Å²) in [6.07, 6.45) is 2.71. The Morgan fingerprint density at radius 2 is 2.17 bits per heavy atom. The summed E-state index contributed by atoms with van der Waals surface area (Å²) in [5, 5.41) is 10.6. The van der Waals surface area contributed by atoms with Gasteiger partial charge in [-0.05, 0) is 27.2 Å². The summed E-state index contributed by atoms with van der Waals surface area (Å²) < 4.78 is 0. The highest BCUT2D eigenvalue weighted by molar-refractivity contribution is 5.25. The van der Waals surface area contributed by atoms with Crippen molar-refractivity contribution in [1.82, 2.24) is 0 Å². The van der Waals surface area contributed by atoms with Crippen LogP contribution in [0.4, 0.5) is 0 Å². The molecule has 1 aliphatic carbocycles. The Morgan fingerprint density at radius 3 is 2.58 bits per heavy atom. The zero-order valence-electron chi connectivity index (χ0n) is 7.63. The maximum atomic E-state index is 10.6. The van der Waals surface area contributed by atoms with Crippen LogP contribution in [-0.2, 0) is 0 Å². The van der Waals surface area contributed by atoms with Gasteiger partial charge in [-0.15, -0.1) is 0 Å². The normalized spacial score (nSPS) is 23.9. The molecule has 0 aromatic heterocycles. The lowest BCUT2D eigenvalue weighted by Crippen LogP contribution is -2.13. The lowest BCUT2D eigenvalue weighted by atomic mass is 9.91. The van der Waals surface area contributed by atoms with E-state index >= 15 is 0 Å². The molecule has 0 N–H and O–H groups in total. The van der Waals surface area contributed by atoms with Crippen LogP contribution in [0.5, 0.6) is 0 Å². The van der Waals surface area contributed by atoms with Gasteiger partial charge in [0.2, 0.25) is 0 Å². The van der Waals surface area contributed by atoms with E-state index in [1.54, 1.807) is 0 Å². The van der Waals surface area contributed by atoms with Crippen molar-refractivity contribution in [3.8, 4) is 0 Å². The van der Waals surface area contributed by atoms with Gasteiger partial charge in [0.15, 0.2) is 0 Å². The van der Waals surface area contributed by atoms with E-state index in [0.29, 0.717) is 5.70 Å². The predicted molar refractivity (Wildman–Crippen MR) is 47.2 cm³/mol. The van der Waals surface area contributed by atoms with Crippen LogP contribution in [0.15, 0.2) is 22.9 Å². The molecule has 0 amide bonds. The number of hydrogen-bond acceptors (Lipinski definition) is 2. The van der Waals surface area contributed by atoms with E-state index in [4.69, 9.17) is 0 Å². The Kier molecular flexibility index (Phi) is 2.31. The van der Waals surface area contributed by atoms with Crippen LogP contribution in [-0.4, -0.2) is 4.92 Å². The third-order valence-corrected chi connectivity index (χ3v) is 2.14. The Bertz CT molecular complexity index is 276. The molecule has 1 aliphatic rings. The van der Waals surface area contributed by atoms with Crippen molar-refractivity contribution < 1.29 is 4.92 Å². The van der Waals surface area contributed by atoms with E-state index in [9.17, 15) is 10.1 Å². The first-order valence-electron chi connectivity index (χ1n) is 4.03. The van der Waals surface area contributed by atoms with Crippen LogP contribution in [0.3, 0.4) is 0 Å². The summed E-state index contributed by atoms with van der Waals surface area (Å²) in [7, 11) is 0.